The summed E-state index contributed by atoms with van der Waals surface area (Å²) >= 11 is 1.29. The number of nitro groups is 1. The van der Waals surface area contributed by atoms with Gasteiger partial charge in [0, 0.05) is 17.6 Å². The summed E-state index contributed by atoms with van der Waals surface area (Å²) < 4.78 is 5.17. The number of hydrogen-bond acceptors (Lipinski definition) is 6. The fourth-order valence-electron chi connectivity index (χ4n) is 1.28. The zero-order valence-corrected chi connectivity index (χ0v) is 10.4. The van der Waals surface area contributed by atoms with Gasteiger partial charge in [-0.3, -0.25) is 20.2 Å². The minimum Gasteiger partial charge on any atom is -0.484 e. The number of anilines is 1. The molecule has 19 heavy (non-hydrogen) atoms. The molecule has 0 saturated heterocycles. The fourth-order valence-corrected chi connectivity index (χ4v) is 1.82. The highest BCUT2D eigenvalue weighted by atomic mass is 32.1. The Hall–Kier alpha value is -2.48. The van der Waals surface area contributed by atoms with Crippen LogP contribution in [0.3, 0.4) is 0 Å². The fraction of sp³-hybridized carbons (Fsp3) is 0.0909. The van der Waals surface area contributed by atoms with E-state index in [1.807, 2.05) is 0 Å². The van der Waals surface area contributed by atoms with Crippen molar-refractivity contribution in [2.24, 2.45) is 0 Å². The first-order valence-corrected chi connectivity index (χ1v) is 6.10. The second-order valence-corrected chi connectivity index (χ2v) is 4.32. The Bertz CT molecular complexity index is 585. The van der Waals surface area contributed by atoms with Gasteiger partial charge in [0.1, 0.15) is 5.75 Å². The summed E-state index contributed by atoms with van der Waals surface area (Å²) in [7, 11) is 0. The predicted molar refractivity (Wildman–Crippen MR) is 69.3 cm³/mol. The smallest absolute Gasteiger partial charge is 0.273 e. The first kappa shape index (κ1) is 13.0. The van der Waals surface area contributed by atoms with Gasteiger partial charge in [0.25, 0.3) is 11.6 Å². The summed E-state index contributed by atoms with van der Waals surface area (Å²) in [6.07, 6.45) is 1.57. The third kappa shape index (κ3) is 3.75. The van der Waals surface area contributed by atoms with Crippen molar-refractivity contribution in [2.45, 2.75) is 0 Å². The molecular formula is C11H9N3O4S. The van der Waals surface area contributed by atoms with Gasteiger partial charge >= 0.3 is 0 Å². The number of amides is 1. The summed E-state index contributed by atoms with van der Waals surface area (Å²) in [6, 6.07) is 5.65. The van der Waals surface area contributed by atoms with Gasteiger partial charge in [-0.15, -0.1) is 11.3 Å². The molecule has 0 saturated carbocycles. The second kappa shape index (κ2) is 5.91. The molecular weight excluding hydrogens is 270 g/mol. The van der Waals surface area contributed by atoms with Crippen molar-refractivity contribution in [3.63, 3.8) is 0 Å². The Morgan fingerprint density at radius 1 is 1.53 bits per heavy atom. The normalized spacial score (nSPS) is 9.89. The molecule has 0 unspecified atom stereocenters. The zero-order valence-electron chi connectivity index (χ0n) is 9.61. The van der Waals surface area contributed by atoms with E-state index >= 15 is 0 Å². The Morgan fingerprint density at radius 3 is 3.05 bits per heavy atom. The lowest BCUT2D eigenvalue weighted by atomic mass is 10.3. The molecule has 0 bridgehead atoms. The Morgan fingerprint density at radius 2 is 2.37 bits per heavy atom. The van der Waals surface area contributed by atoms with Crippen molar-refractivity contribution in [3.8, 4) is 5.75 Å². The minimum atomic E-state index is -0.525. The molecule has 2 aromatic rings. The number of aromatic nitrogens is 1. The highest BCUT2D eigenvalue weighted by Crippen LogP contribution is 2.19. The Kier molecular flexibility index (Phi) is 4.04. The van der Waals surface area contributed by atoms with E-state index in [1.165, 1.54) is 29.5 Å². The second-order valence-electron chi connectivity index (χ2n) is 3.43. The van der Waals surface area contributed by atoms with E-state index in [0.29, 0.717) is 5.13 Å². The molecule has 1 aromatic heterocycles. The number of nitrogens with zero attached hydrogens (tertiary/aromatic N) is 2. The molecule has 0 fully saturated rings. The van der Waals surface area contributed by atoms with Gasteiger partial charge in [-0.05, 0) is 6.07 Å². The average molecular weight is 279 g/mol. The molecule has 1 N–H and O–H groups in total. The minimum absolute atomic E-state index is 0.0853. The molecule has 8 heteroatoms. The van der Waals surface area contributed by atoms with Crippen LogP contribution in [-0.2, 0) is 4.79 Å². The highest BCUT2D eigenvalue weighted by Gasteiger charge is 2.08. The number of nitrogens with one attached hydrogen (secondary N) is 1. The van der Waals surface area contributed by atoms with Crippen molar-refractivity contribution in [3.05, 3.63) is 46.0 Å². The highest BCUT2D eigenvalue weighted by molar-refractivity contribution is 7.13. The van der Waals surface area contributed by atoms with E-state index in [2.05, 4.69) is 10.3 Å². The first-order valence-electron chi connectivity index (χ1n) is 5.22. The molecule has 0 aliphatic heterocycles. The number of nitro benzene ring substituents is 1. The summed E-state index contributed by atoms with van der Waals surface area (Å²) in [5.41, 5.74) is -0.0853. The van der Waals surface area contributed by atoms with Crippen LogP contribution in [0.4, 0.5) is 10.8 Å². The Labute approximate surface area is 112 Å². The van der Waals surface area contributed by atoms with Crippen LogP contribution in [0.5, 0.6) is 5.75 Å². The predicted octanol–water partition coefficient (Wildman–Crippen LogP) is 2.07. The molecule has 1 amide bonds. The van der Waals surface area contributed by atoms with Crippen LogP contribution < -0.4 is 10.1 Å². The summed E-state index contributed by atoms with van der Waals surface area (Å²) in [4.78, 5) is 25.4. The summed E-state index contributed by atoms with van der Waals surface area (Å²) in [6.45, 7) is -0.235. The number of thiazole rings is 1. The van der Waals surface area contributed by atoms with Crippen molar-refractivity contribution < 1.29 is 14.5 Å². The van der Waals surface area contributed by atoms with Gasteiger partial charge in [0.2, 0.25) is 0 Å². The lowest BCUT2D eigenvalue weighted by Gasteiger charge is -2.05. The number of rotatable bonds is 5. The van der Waals surface area contributed by atoms with E-state index in [1.54, 1.807) is 17.6 Å². The number of carbonyl (C=O) groups is 1. The number of non-ortho nitro benzene ring substituents is 1. The van der Waals surface area contributed by atoms with Crippen LogP contribution in [0.2, 0.25) is 0 Å². The van der Waals surface area contributed by atoms with Crippen LogP contribution in [-0.4, -0.2) is 22.4 Å². The van der Waals surface area contributed by atoms with E-state index in [9.17, 15) is 14.9 Å². The van der Waals surface area contributed by atoms with Crippen molar-refractivity contribution in [2.75, 3.05) is 11.9 Å². The third-order valence-corrected chi connectivity index (χ3v) is 2.77. The van der Waals surface area contributed by atoms with E-state index in [4.69, 9.17) is 4.74 Å². The van der Waals surface area contributed by atoms with Gasteiger partial charge in [-0.25, -0.2) is 4.98 Å². The van der Waals surface area contributed by atoms with Crippen LogP contribution >= 0.6 is 11.3 Å². The van der Waals surface area contributed by atoms with Gasteiger partial charge in [-0.1, -0.05) is 6.07 Å². The quantitative estimate of drug-likeness (QED) is 0.667. The average Bonchev–Trinajstić information content (AvgIpc) is 2.89. The van der Waals surface area contributed by atoms with E-state index < -0.39 is 4.92 Å². The lowest BCUT2D eigenvalue weighted by Crippen LogP contribution is -2.19. The van der Waals surface area contributed by atoms with Gasteiger partial charge in [0.05, 0.1) is 11.0 Å². The summed E-state index contributed by atoms with van der Waals surface area (Å²) in [5.74, 6) is -0.107. The molecule has 2 rings (SSSR count). The zero-order chi connectivity index (χ0) is 13.7. The molecule has 0 aliphatic rings. The number of ether oxygens (including phenoxy) is 1. The maximum atomic E-state index is 11.5. The molecule has 0 aliphatic carbocycles. The van der Waals surface area contributed by atoms with Crippen LogP contribution in [0.15, 0.2) is 35.8 Å². The van der Waals surface area contributed by atoms with Gasteiger partial charge in [0.15, 0.2) is 11.7 Å². The number of carbonyl (C=O) groups excluding carboxylic acids is 1. The molecule has 0 atom stereocenters. The molecule has 98 valence electrons. The summed E-state index contributed by atoms with van der Waals surface area (Å²) in [5, 5.41) is 15.3. The maximum absolute atomic E-state index is 11.5. The molecule has 1 aromatic carbocycles. The van der Waals surface area contributed by atoms with Gasteiger partial charge < -0.3 is 4.74 Å². The standard InChI is InChI=1S/C11H9N3O4S/c15-10(13-11-12-4-5-19-11)7-18-9-3-1-2-8(6-9)14(16)17/h1-6H,7H2,(H,12,13,15). The van der Waals surface area contributed by atoms with Crippen LogP contribution in [0, 0.1) is 10.1 Å². The third-order valence-electron chi connectivity index (χ3n) is 2.08. The molecule has 0 radical (unpaired) electrons. The van der Waals surface area contributed by atoms with E-state index in [0.717, 1.165) is 0 Å². The number of benzene rings is 1. The lowest BCUT2D eigenvalue weighted by molar-refractivity contribution is -0.384. The molecule has 7 nitrogen and oxygen atoms in total. The van der Waals surface area contributed by atoms with Crippen molar-refractivity contribution >= 4 is 28.1 Å². The SMILES string of the molecule is O=C(COc1cccc([N+](=O)[O-])c1)Nc1nccs1. The number of hydrogen-bond donors (Lipinski definition) is 1. The first-order chi connectivity index (χ1) is 9.15. The van der Waals surface area contributed by atoms with Gasteiger partial charge in [-0.2, -0.15) is 0 Å². The molecule has 1 heterocycles. The van der Waals surface area contributed by atoms with Crippen molar-refractivity contribution in [1.29, 1.82) is 0 Å². The maximum Gasteiger partial charge on any atom is 0.273 e. The monoisotopic (exact) mass is 279 g/mol. The van der Waals surface area contributed by atoms with Crippen molar-refractivity contribution in [1.82, 2.24) is 4.98 Å². The van der Waals surface area contributed by atoms with E-state index in [-0.39, 0.29) is 24.0 Å². The largest absolute Gasteiger partial charge is 0.484 e. The molecule has 0 spiro atoms. The topological polar surface area (TPSA) is 94.4 Å². The Balaban J connectivity index is 1.89. The van der Waals surface area contributed by atoms with Crippen LogP contribution in [0.25, 0.3) is 0 Å². The van der Waals surface area contributed by atoms with Crippen LogP contribution in [0.1, 0.15) is 0 Å².